The monoisotopic (exact) mass is 342 g/mol. The van der Waals surface area contributed by atoms with Gasteiger partial charge in [-0.2, -0.15) is 0 Å². The summed E-state index contributed by atoms with van der Waals surface area (Å²) in [7, 11) is 0. The SMILES string of the molecule is O=C(C=Cc1ccco1)NC(=S)N1CCN(c2ccccn2)CC1. The number of furan rings is 1. The minimum Gasteiger partial charge on any atom is -0.465 e. The molecule has 1 saturated heterocycles. The molecule has 1 aliphatic rings. The summed E-state index contributed by atoms with van der Waals surface area (Å²) < 4.78 is 5.14. The predicted molar refractivity (Wildman–Crippen MR) is 96.5 cm³/mol. The van der Waals surface area contributed by atoms with E-state index in [1.165, 1.54) is 6.08 Å². The van der Waals surface area contributed by atoms with E-state index < -0.39 is 0 Å². The van der Waals surface area contributed by atoms with Crippen molar-refractivity contribution in [3.05, 3.63) is 54.6 Å². The van der Waals surface area contributed by atoms with Crippen molar-refractivity contribution in [3.8, 4) is 0 Å². The number of hydrogen-bond acceptors (Lipinski definition) is 5. The van der Waals surface area contributed by atoms with Crippen molar-refractivity contribution in [2.24, 2.45) is 0 Å². The Morgan fingerprint density at radius 1 is 1.21 bits per heavy atom. The minimum absolute atomic E-state index is 0.261. The van der Waals surface area contributed by atoms with Crippen LogP contribution in [0.3, 0.4) is 0 Å². The van der Waals surface area contributed by atoms with Gasteiger partial charge in [0.1, 0.15) is 11.6 Å². The van der Waals surface area contributed by atoms with Crippen LogP contribution in [-0.2, 0) is 4.79 Å². The van der Waals surface area contributed by atoms with Gasteiger partial charge in [-0.15, -0.1) is 0 Å². The number of hydrogen-bond donors (Lipinski definition) is 1. The molecule has 2 aromatic heterocycles. The summed E-state index contributed by atoms with van der Waals surface area (Å²) in [4.78, 5) is 20.5. The van der Waals surface area contributed by atoms with Gasteiger partial charge in [-0.05, 0) is 42.6 Å². The molecule has 1 fully saturated rings. The molecule has 2 aromatic rings. The zero-order valence-electron chi connectivity index (χ0n) is 13.1. The van der Waals surface area contributed by atoms with Crippen molar-refractivity contribution in [1.29, 1.82) is 0 Å². The number of nitrogens with zero attached hydrogens (tertiary/aromatic N) is 3. The summed E-state index contributed by atoms with van der Waals surface area (Å²) in [5.41, 5.74) is 0. The van der Waals surface area contributed by atoms with Gasteiger partial charge in [-0.25, -0.2) is 4.98 Å². The second kappa shape index (κ2) is 7.74. The van der Waals surface area contributed by atoms with Crippen molar-refractivity contribution in [2.75, 3.05) is 31.1 Å². The molecule has 6 nitrogen and oxygen atoms in total. The van der Waals surface area contributed by atoms with Crippen molar-refractivity contribution in [1.82, 2.24) is 15.2 Å². The lowest BCUT2D eigenvalue weighted by Crippen LogP contribution is -2.52. The highest BCUT2D eigenvalue weighted by Crippen LogP contribution is 2.12. The number of rotatable bonds is 3. The Balaban J connectivity index is 1.47. The fourth-order valence-corrected chi connectivity index (χ4v) is 2.73. The maximum Gasteiger partial charge on any atom is 0.250 e. The average Bonchev–Trinajstić information content (AvgIpc) is 3.14. The van der Waals surface area contributed by atoms with Crippen LogP contribution in [0.4, 0.5) is 5.82 Å². The third-order valence-corrected chi connectivity index (χ3v) is 4.07. The summed E-state index contributed by atoms with van der Waals surface area (Å²) in [5.74, 6) is 1.33. The first-order valence-corrected chi connectivity index (χ1v) is 8.10. The molecular formula is C17H18N4O2S. The summed E-state index contributed by atoms with van der Waals surface area (Å²) in [6, 6.07) is 9.42. The molecule has 0 spiro atoms. The molecule has 1 aliphatic heterocycles. The van der Waals surface area contributed by atoms with Crippen LogP contribution in [0.2, 0.25) is 0 Å². The molecule has 0 bridgehead atoms. The number of pyridine rings is 1. The third-order valence-electron chi connectivity index (χ3n) is 3.71. The highest BCUT2D eigenvalue weighted by Gasteiger charge is 2.20. The number of nitrogens with one attached hydrogen (secondary N) is 1. The minimum atomic E-state index is -0.261. The highest BCUT2D eigenvalue weighted by atomic mass is 32.1. The Bertz CT molecular complexity index is 707. The van der Waals surface area contributed by atoms with Gasteiger partial charge in [-0.1, -0.05) is 6.07 Å². The smallest absolute Gasteiger partial charge is 0.250 e. The number of carbonyl (C=O) groups excluding carboxylic acids is 1. The molecule has 24 heavy (non-hydrogen) atoms. The lowest BCUT2D eigenvalue weighted by molar-refractivity contribution is -0.115. The van der Waals surface area contributed by atoms with Gasteiger partial charge in [0.15, 0.2) is 5.11 Å². The molecule has 0 aromatic carbocycles. The zero-order chi connectivity index (χ0) is 16.8. The molecule has 0 saturated carbocycles. The van der Waals surface area contributed by atoms with Gasteiger partial charge in [-0.3, -0.25) is 10.1 Å². The summed E-state index contributed by atoms with van der Waals surface area (Å²) in [6.07, 6.45) is 6.37. The number of piperazine rings is 1. The van der Waals surface area contributed by atoms with E-state index >= 15 is 0 Å². The number of aromatic nitrogens is 1. The Hall–Kier alpha value is -2.67. The van der Waals surface area contributed by atoms with Crippen molar-refractivity contribution in [3.63, 3.8) is 0 Å². The first kappa shape index (κ1) is 16.2. The molecular weight excluding hydrogens is 324 g/mol. The molecule has 1 amide bonds. The molecule has 0 unspecified atom stereocenters. The largest absolute Gasteiger partial charge is 0.465 e. The summed E-state index contributed by atoms with van der Waals surface area (Å²) in [6.45, 7) is 3.12. The van der Waals surface area contributed by atoms with Crippen molar-refractivity contribution < 1.29 is 9.21 Å². The van der Waals surface area contributed by atoms with E-state index in [0.717, 1.165) is 32.0 Å². The van der Waals surface area contributed by atoms with Crippen LogP contribution in [0.1, 0.15) is 5.76 Å². The van der Waals surface area contributed by atoms with Gasteiger partial charge < -0.3 is 14.2 Å². The molecule has 124 valence electrons. The van der Waals surface area contributed by atoms with Crippen LogP contribution in [0.5, 0.6) is 0 Å². The van der Waals surface area contributed by atoms with E-state index in [9.17, 15) is 4.79 Å². The van der Waals surface area contributed by atoms with Gasteiger partial charge in [0.05, 0.1) is 6.26 Å². The summed E-state index contributed by atoms with van der Waals surface area (Å²) in [5, 5.41) is 3.17. The van der Waals surface area contributed by atoms with Crippen LogP contribution >= 0.6 is 12.2 Å². The van der Waals surface area contributed by atoms with Crippen LogP contribution < -0.4 is 10.2 Å². The van der Waals surface area contributed by atoms with E-state index in [4.69, 9.17) is 16.6 Å². The normalized spacial score (nSPS) is 14.8. The Kier molecular flexibility index (Phi) is 5.22. The fourth-order valence-electron chi connectivity index (χ4n) is 2.45. The first-order valence-electron chi connectivity index (χ1n) is 7.70. The second-order valence-corrected chi connectivity index (χ2v) is 5.69. The molecule has 0 atom stereocenters. The van der Waals surface area contributed by atoms with Crippen molar-refractivity contribution >= 4 is 35.1 Å². The summed E-state index contributed by atoms with van der Waals surface area (Å²) >= 11 is 5.32. The molecule has 7 heteroatoms. The Morgan fingerprint density at radius 3 is 2.71 bits per heavy atom. The molecule has 1 N–H and O–H groups in total. The maximum absolute atomic E-state index is 11.9. The molecule has 0 aliphatic carbocycles. The van der Waals surface area contributed by atoms with E-state index in [-0.39, 0.29) is 5.91 Å². The van der Waals surface area contributed by atoms with Gasteiger partial charge in [0.25, 0.3) is 0 Å². The Morgan fingerprint density at radius 2 is 2.04 bits per heavy atom. The van der Waals surface area contributed by atoms with Crippen molar-refractivity contribution in [2.45, 2.75) is 0 Å². The van der Waals surface area contributed by atoms with Crippen LogP contribution in [0.25, 0.3) is 6.08 Å². The number of anilines is 1. The van der Waals surface area contributed by atoms with Crippen LogP contribution in [-0.4, -0.2) is 47.1 Å². The lowest BCUT2D eigenvalue weighted by Gasteiger charge is -2.36. The second-order valence-electron chi connectivity index (χ2n) is 5.31. The van der Waals surface area contributed by atoms with E-state index in [1.54, 1.807) is 30.7 Å². The first-order chi connectivity index (χ1) is 11.7. The van der Waals surface area contributed by atoms with Gasteiger partial charge in [0.2, 0.25) is 5.91 Å². The van der Waals surface area contributed by atoms with E-state index in [2.05, 4.69) is 15.2 Å². The van der Waals surface area contributed by atoms with E-state index in [0.29, 0.717) is 10.9 Å². The topological polar surface area (TPSA) is 61.6 Å². The molecule has 3 rings (SSSR count). The fraction of sp³-hybridized carbons (Fsp3) is 0.235. The molecule has 0 radical (unpaired) electrons. The van der Waals surface area contributed by atoms with Gasteiger partial charge >= 0.3 is 0 Å². The third kappa shape index (κ3) is 4.20. The zero-order valence-corrected chi connectivity index (χ0v) is 13.9. The van der Waals surface area contributed by atoms with Gasteiger partial charge in [0, 0.05) is 38.5 Å². The molecule has 3 heterocycles. The predicted octanol–water partition coefficient (Wildman–Crippen LogP) is 1.91. The number of amides is 1. The lowest BCUT2D eigenvalue weighted by atomic mass is 10.3. The van der Waals surface area contributed by atoms with Crippen LogP contribution in [0.15, 0.2) is 53.3 Å². The standard InChI is InChI=1S/C17H18N4O2S/c22-16(7-6-14-4-3-13-23-14)19-17(24)21-11-9-20(10-12-21)15-5-1-2-8-18-15/h1-8,13H,9-12H2,(H,19,22,24). The quantitative estimate of drug-likeness (QED) is 0.679. The number of carbonyl (C=O) groups is 1. The highest BCUT2D eigenvalue weighted by molar-refractivity contribution is 7.80. The van der Waals surface area contributed by atoms with Crippen LogP contribution in [0, 0.1) is 0 Å². The maximum atomic E-state index is 11.9. The Labute approximate surface area is 145 Å². The number of thiocarbonyl (C=S) groups is 1. The van der Waals surface area contributed by atoms with E-state index in [1.807, 2.05) is 23.1 Å². The average molecular weight is 342 g/mol.